The first-order valence-corrected chi connectivity index (χ1v) is 7.11. The van der Waals surface area contributed by atoms with Crippen molar-refractivity contribution in [3.63, 3.8) is 0 Å². The Hall–Kier alpha value is -1.93. The molecule has 0 heterocycles. The van der Waals surface area contributed by atoms with Crippen LogP contribution in [0.1, 0.15) is 10.4 Å². The highest BCUT2D eigenvalue weighted by Gasteiger charge is 2.15. The lowest BCUT2D eigenvalue weighted by molar-refractivity contribution is -0.385. The van der Waals surface area contributed by atoms with E-state index in [-0.39, 0.29) is 22.7 Å². The van der Waals surface area contributed by atoms with Gasteiger partial charge in [-0.05, 0) is 24.3 Å². The first-order chi connectivity index (χ1) is 9.86. The number of non-ortho nitro benzene ring substituents is 1. The van der Waals surface area contributed by atoms with Gasteiger partial charge in [-0.1, -0.05) is 31.9 Å². The summed E-state index contributed by atoms with van der Waals surface area (Å²) < 4.78 is 6.57. The molecule has 2 aromatic carbocycles. The Morgan fingerprint density at radius 2 is 1.86 bits per heavy atom. The molecule has 0 radical (unpaired) electrons. The maximum Gasteiger partial charge on any atom is 0.339 e. The summed E-state index contributed by atoms with van der Waals surface area (Å²) in [5.41, 5.74) is -0.202. The SMILES string of the molecule is O=C(O)c1ccc(Br)cc1Oc1cc(Br)cc([N+](=O)[O-])c1. The standard InChI is InChI=1S/C13H7Br2NO5/c14-7-1-2-11(13(17)18)12(5-7)21-10-4-8(15)3-9(6-10)16(19)20/h1-6H,(H,17,18). The summed E-state index contributed by atoms with van der Waals surface area (Å²) in [7, 11) is 0. The van der Waals surface area contributed by atoms with Gasteiger partial charge in [0.25, 0.3) is 5.69 Å². The quantitative estimate of drug-likeness (QED) is 0.580. The molecule has 0 spiro atoms. The molecule has 0 aliphatic carbocycles. The molecule has 2 rings (SSSR count). The van der Waals surface area contributed by atoms with Gasteiger partial charge in [-0.15, -0.1) is 0 Å². The molecule has 0 saturated carbocycles. The summed E-state index contributed by atoms with van der Waals surface area (Å²) in [5, 5.41) is 19.9. The van der Waals surface area contributed by atoms with Crippen LogP contribution in [-0.2, 0) is 0 Å². The predicted octanol–water partition coefficient (Wildman–Crippen LogP) is 4.61. The monoisotopic (exact) mass is 415 g/mol. The van der Waals surface area contributed by atoms with Crippen molar-refractivity contribution in [2.24, 2.45) is 0 Å². The molecule has 1 N–H and O–H groups in total. The van der Waals surface area contributed by atoms with Crippen LogP contribution in [0.25, 0.3) is 0 Å². The van der Waals surface area contributed by atoms with Crippen molar-refractivity contribution in [2.45, 2.75) is 0 Å². The molecule has 2 aromatic rings. The van der Waals surface area contributed by atoms with E-state index in [0.29, 0.717) is 8.95 Å². The summed E-state index contributed by atoms with van der Waals surface area (Å²) in [6.45, 7) is 0. The summed E-state index contributed by atoms with van der Waals surface area (Å²) in [4.78, 5) is 21.4. The highest BCUT2D eigenvalue weighted by molar-refractivity contribution is 9.10. The van der Waals surface area contributed by atoms with Gasteiger partial charge >= 0.3 is 5.97 Å². The lowest BCUT2D eigenvalue weighted by Crippen LogP contribution is -2.00. The number of ether oxygens (including phenoxy) is 1. The zero-order valence-electron chi connectivity index (χ0n) is 10.2. The predicted molar refractivity (Wildman–Crippen MR) is 82.0 cm³/mol. The third kappa shape index (κ3) is 3.79. The summed E-state index contributed by atoms with van der Waals surface area (Å²) in [5.74, 6) is -0.900. The third-order valence-corrected chi connectivity index (χ3v) is 3.42. The van der Waals surface area contributed by atoms with Crippen LogP contribution in [0.15, 0.2) is 45.3 Å². The molecule has 0 atom stereocenters. The van der Waals surface area contributed by atoms with Gasteiger partial charge in [0.1, 0.15) is 17.1 Å². The van der Waals surface area contributed by atoms with Crippen molar-refractivity contribution in [3.8, 4) is 11.5 Å². The van der Waals surface area contributed by atoms with Crippen molar-refractivity contribution in [2.75, 3.05) is 0 Å². The maximum absolute atomic E-state index is 11.2. The third-order valence-electron chi connectivity index (χ3n) is 2.47. The van der Waals surface area contributed by atoms with E-state index in [1.165, 1.54) is 30.3 Å². The molecular formula is C13H7Br2NO5. The van der Waals surface area contributed by atoms with E-state index in [9.17, 15) is 14.9 Å². The van der Waals surface area contributed by atoms with E-state index in [1.807, 2.05) is 0 Å². The maximum atomic E-state index is 11.2. The lowest BCUT2D eigenvalue weighted by atomic mass is 10.2. The first kappa shape index (κ1) is 15.5. The second-order valence-corrected chi connectivity index (χ2v) is 5.78. The van der Waals surface area contributed by atoms with E-state index in [4.69, 9.17) is 9.84 Å². The number of carboxylic acid groups (broad SMARTS) is 1. The number of carbonyl (C=O) groups is 1. The van der Waals surface area contributed by atoms with Gasteiger partial charge in [-0.25, -0.2) is 4.79 Å². The molecule has 0 bridgehead atoms. The van der Waals surface area contributed by atoms with Gasteiger partial charge in [-0.2, -0.15) is 0 Å². The molecule has 0 unspecified atom stereocenters. The Kier molecular flexibility index (Phi) is 4.59. The van der Waals surface area contributed by atoms with Gasteiger partial charge in [0.05, 0.1) is 11.0 Å². The average Bonchev–Trinajstić information content (AvgIpc) is 2.37. The van der Waals surface area contributed by atoms with Crippen LogP contribution < -0.4 is 4.74 Å². The Morgan fingerprint density at radius 1 is 1.14 bits per heavy atom. The van der Waals surface area contributed by atoms with Crippen LogP contribution in [0.2, 0.25) is 0 Å². The number of nitrogens with zero attached hydrogens (tertiary/aromatic N) is 1. The Balaban J connectivity index is 2.45. The van der Waals surface area contributed by atoms with Crippen LogP contribution in [0.4, 0.5) is 5.69 Å². The van der Waals surface area contributed by atoms with Gasteiger partial charge in [-0.3, -0.25) is 10.1 Å². The Morgan fingerprint density at radius 3 is 2.48 bits per heavy atom. The molecule has 0 fully saturated rings. The van der Waals surface area contributed by atoms with Crippen LogP contribution in [0, 0.1) is 10.1 Å². The number of halogens is 2. The number of carboxylic acids is 1. The molecule has 0 aliphatic rings. The normalized spacial score (nSPS) is 10.2. The minimum atomic E-state index is -1.15. The van der Waals surface area contributed by atoms with Crippen molar-refractivity contribution in [1.82, 2.24) is 0 Å². The molecule has 6 nitrogen and oxygen atoms in total. The summed E-state index contributed by atoms with van der Waals surface area (Å²) in [6.07, 6.45) is 0. The Labute approximate surface area is 135 Å². The van der Waals surface area contributed by atoms with Crippen molar-refractivity contribution >= 4 is 43.5 Å². The fourth-order valence-electron chi connectivity index (χ4n) is 1.60. The molecule has 0 saturated heterocycles. The number of nitro benzene ring substituents is 1. The van der Waals surface area contributed by atoms with E-state index >= 15 is 0 Å². The van der Waals surface area contributed by atoms with Crippen molar-refractivity contribution < 1.29 is 19.6 Å². The summed E-state index contributed by atoms with van der Waals surface area (Å²) in [6, 6.07) is 8.49. The minimum absolute atomic E-state index is 0.0409. The second kappa shape index (κ2) is 6.23. The molecule has 0 aromatic heterocycles. The largest absolute Gasteiger partial charge is 0.478 e. The fourth-order valence-corrected chi connectivity index (χ4v) is 2.40. The summed E-state index contributed by atoms with van der Waals surface area (Å²) >= 11 is 6.37. The highest BCUT2D eigenvalue weighted by atomic mass is 79.9. The van der Waals surface area contributed by atoms with E-state index in [0.717, 1.165) is 0 Å². The number of hydrogen-bond donors (Lipinski definition) is 1. The minimum Gasteiger partial charge on any atom is -0.478 e. The number of hydrogen-bond acceptors (Lipinski definition) is 4. The Bertz CT molecular complexity index is 732. The number of benzene rings is 2. The van der Waals surface area contributed by atoms with Crippen molar-refractivity contribution in [3.05, 3.63) is 61.0 Å². The zero-order valence-corrected chi connectivity index (χ0v) is 13.4. The van der Waals surface area contributed by atoms with Crippen LogP contribution in [-0.4, -0.2) is 16.0 Å². The zero-order chi connectivity index (χ0) is 15.6. The van der Waals surface area contributed by atoms with Crippen molar-refractivity contribution in [1.29, 1.82) is 0 Å². The van der Waals surface area contributed by atoms with E-state index in [1.54, 1.807) is 6.07 Å². The topological polar surface area (TPSA) is 89.7 Å². The van der Waals surface area contributed by atoms with E-state index < -0.39 is 10.9 Å². The molecule has 108 valence electrons. The molecule has 8 heteroatoms. The number of rotatable bonds is 4. The van der Waals surface area contributed by atoms with Crippen LogP contribution in [0.5, 0.6) is 11.5 Å². The second-order valence-electron chi connectivity index (χ2n) is 3.95. The molecule has 0 aliphatic heterocycles. The molecule has 0 amide bonds. The highest BCUT2D eigenvalue weighted by Crippen LogP contribution is 2.32. The molecule has 21 heavy (non-hydrogen) atoms. The first-order valence-electron chi connectivity index (χ1n) is 5.52. The van der Waals surface area contributed by atoms with Crippen LogP contribution in [0.3, 0.4) is 0 Å². The van der Waals surface area contributed by atoms with Gasteiger partial charge in [0, 0.05) is 15.0 Å². The van der Waals surface area contributed by atoms with Gasteiger partial charge in [0.15, 0.2) is 0 Å². The fraction of sp³-hybridized carbons (Fsp3) is 0. The number of nitro groups is 1. The van der Waals surface area contributed by atoms with Gasteiger partial charge in [0.2, 0.25) is 0 Å². The van der Waals surface area contributed by atoms with Crippen LogP contribution >= 0.6 is 31.9 Å². The van der Waals surface area contributed by atoms with E-state index in [2.05, 4.69) is 31.9 Å². The smallest absolute Gasteiger partial charge is 0.339 e. The van der Waals surface area contributed by atoms with Gasteiger partial charge < -0.3 is 9.84 Å². The number of aromatic carboxylic acids is 1. The molecular weight excluding hydrogens is 410 g/mol. The average molecular weight is 417 g/mol. The lowest BCUT2D eigenvalue weighted by Gasteiger charge is -2.09.